The summed E-state index contributed by atoms with van der Waals surface area (Å²) in [6.07, 6.45) is 0. The molecule has 146 valence electrons. The van der Waals surface area contributed by atoms with Gasteiger partial charge in [0.1, 0.15) is 17.7 Å². The molecule has 0 aliphatic heterocycles. The van der Waals surface area contributed by atoms with Gasteiger partial charge in [0.25, 0.3) is 5.91 Å². The Labute approximate surface area is 160 Å². The molecule has 0 unspecified atom stereocenters. The Morgan fingerprint density at radius 3 is 2.07 bits per heavy atom. The molecule has 1 amide bonds. The third-order valence-electron chi connectivity index (χ3n) is 4.75. The average molecular weight is 375 g/mol. The van der Waals surface area contributed by atoms with Crippen LogP contribution in [0.5, 0.6) is 0 Å². The van der Waals surface area contributed by atoms with Gasteiger partial charge in [0.15, 0.2) is 6.54 Å². The molecule has 2 aromatic rings. The highest BCUT2D eigenvalue weighted by Gasteiger charge is 2.19. The third-order valence-corrected chi connectivity index (χ3v) is 4.75. The lowest BCUT2D eigenvalue weighted by atomic mass is 9.92. The molecule has 0 fully saturated rings. The zero-order valence-electron chi connectivity index (χ0n) is 16.6. The van der Waals surface area contributed by atoms with Gasteiger partial charge in [-0.2, -0.15) is 0 Å². The molecule has 3 N–H and O–H groups in total. The number of carbonyl (C=O) groups excluding carboxylic acids is 1. The Bertz CT molecular complexity index is 777. The first-order chi connectivity index (χ1) is 12.7. The maximum atomic E-state index is 13.9. The number of amides is 1. The van der Waals surface area contributed by atoms with E-state index in [1.807, 2.05) is 18.2 Å². The van der Waals surface area contributed by atoms with E-state index in [4.69, 9.17) is 0 Å². The number of carbonyl (C=O) groups is 1. The van der Waals surface area contributed by atoms with Crippen LogP contribution in [-0.4, -0.2) is 12.5 Å². The molecule has 0 aliphatic carbocycles. The Morgan fingerprint density at radius 2 is 1.56 bits per heavy atom. The third kappa shape index (κ3) is 5.36. The van der Waals surface area contributed by atoms with E-state index in [0.29, 0.717) is 5.56 Å². The number of hydrogen-bond acceptors (Lipinski definition) is 1. The van der Waals surface area contributed by atoms with E-state index in [0.717, 1.165) is 22.9 Å². The first-order valence-corrected chi connectivity index (χ1v) is 9.41. The van der Waals surface area contributed by atoms with Crippen molar-refractivity contribution in [2.75, 3.05) is 11.9 Å². The number of quaternary nitrogens is 1. The molecule has 0 saturated carbocycles. The van der Waals surface area contributed by atoms with Gasteiger partial charge in [0.05, 0.1) is 0 Å². The highest BCUT2D eigenvalue weighted by Crippen LogP contribution is 2.32. The maximum absolute atomic E-state index is 13.9. The standard InChI is InChI=1S/C22H28F2N2O/c1-13(2)17-7-6-8-18(14(3)4)22(17)26-21(27)12-25-15(5)19-10-9-16(23)11-20(19)24/h6-11,13-15,25H,12H2,1-5H3,(H,26,27)/p+1/t15-/m0/s1. The van der Waals surface area contributed by atoms with Crippen LogP contribution >= 0.6 is 0 Å². The zero-order valence-corrected chi connectivity index (χ0v) is 16.6. The molecule has 0 radical (unpaired) electrons. The van der Waals surface area contributed by atoms with Crippen LogP contribution in [0.15, 0.2) is 36.4 Å². The van der Waals surface area contributed by atoms with Crippen molar-refractivity contribution in [3.8, 4) is 0 Å². The number of nitrogens with two attached hydrogens (primary N) is 1. The first kappa shape index (κ1) is 21.0. The average Bonchev–Trinajstić information content (AvgIpc) is 2.59. The van der Waals surface area contributed by atoms with Crippen molar-refractivity contribution in [1.29, 1.82) is 0 Å². The summed E-state index contributed by atoms with van der Waals surface area (Å²) in [4.78, 5) is 12.5. The molecule has 0 bridgehead atoms. The Morgan fingerprint density at radius 1 is 0.963 bits per heavy atom. The summed E-state index contributed by atoms with van der Waals surface area (Å²) in [5.74, 6) is -0.760. The molecule has 0 aliphatic rings. The van der Waals surface area contributed by atoms with Crippen molar-refractivity contribution < 1.29 is 18.9 Å². The van der Waals surface area contributed by atoms with Crippen LogP contribution in [0.2, 0.25) is 0 Å². The summed E-state index contributed by atoms with van der Waals surface area (Å²) >= 11 is 0. The molecular weight excluding hydrogens is 346 g/mol. The highest BCUT2D eigenvalue weighted by atomic mass is 19.1. The minimum Gasteiger partial charge on any atom is -0.332 e. The van der Waals surface area contributed by atoms with E-state index in [-0.39, 0.29) is 30.3 Å². The number of para-hydroxylation sites is 1. The number of benzene rings is 2. The molecule has 0 saturated heterocycles. The van der Waals surface area contributed by atoms with E-state index >= 15 is 0 Å². The fourth-order valence-electron chi connectivity index (χ4n) is 3.17. The topological polar surface area (TPSA) is 45.7 Å². The van der Waals surface area contributed by atoms with Crippen molar-refractivity contribution in [2.45, 2.75) is 52.5 Å². The molecule has 0 heterocycles. The first-order valence-electron chi connectivity index (χ1n) is 9.41. The number of rotatable bonds is 7. The lowest BCUT2D eigenvalue weighted by molar-refractivity contribution is -0.682. The zero-order chi connectivity index (χ0) is 20.1. The molecular formula is C22H29F2N2O+. The van der Waals surface area contributed by atoms with Crippen LogP contribution in [-0.2, 0) is 4.79 Å². The maximum Gasteiger partial charge on any atom is 0.279 e. The van der Waals surface area contributed by atoms with Gasteiger partial charge < -0.3 is 10.6 Å². The van der Waals surface area contributed by atoms with Crippen molar-refractivity contribution in [1.82, 2.24) is 0 Å². The monoisotopic (exact) mass is 375 g/mol. The molecule has 2 aromatic carbocycles. The number of halogens is 2. The quantitative estimate of drug-likeness (QED) is 0.737. The highest BCUT2D eigenvalue weighted by molar-refractivity contribution is 5.93. The van der Waals surface area contributed by atoms with E-state index < -0.39 is 11.6 Å². The van der Waals surface area contributed by atoms with Gasteiger partial charge in [-0.25, -0.2) is 8.78 Å². The minimum absolute atomic E-state index is 0.139. The predicted molar refractivity (Wildman–Crippen MR) is 105 cm³/mol. The molecule has 27 heavy (non-hydrogen) atoms. The Hall–Kier alpha value is -2.27. The summed E-state index contributed by atoms with van der Waals surface area (Å²) in [5, 5.41) is 4.80. The molecule has 5 heteroatoms. The van der Waals surface area contributed by atoms with Crippen LogP contribution in [0.1, 0.15) is 69.2 Å². The van der Waals surface area contributed by atoms with Crippen molar-refractivity contribution >= 4 is 11.6 Å². The Kier molecular flexibility index (Phi) is 7.08. The van der Waals surface area contributed by atoms with Gasteiger partial charge in [0.2, 0.25) is 0 Å². The van der Waals surface area contributed by atoms with Crippen molar-refractivity contribution in [3.63, 3.8) is 0 Å². The van der Waals surface area contributed by atoms with Crippen LogP contribution in [0.3, 0.4) is 0 Å². The summed E-state index contributed by atoms with van der Waals surface area (Å²) in [6.45, 7) is 10.3. The van der Waals surface area contributed by atoms with Gasteiger partial charge in [-0.3, -0.25) is 4.79 Å². The van der Waals surface area contributed by atoms with Gasteiger partial charge in [-0.05, 0) is 42.0 Å². The number of hydrogen-bond donors (Lipinski definition) is 2. The lowest BCUT2D eigenvalue weighted by Gasteiger charge is -2.20. The van der Waals surface area contributed by atoms with E-state index in [1.165, 1.54) is 12.1 Å². The largest absolute Gasteiger partial charge is 0.332 e. The van der Waals surface area contributed by atoms with E-state index in [2.05, 4.69) is 33.0 Å². The SMILES string of the molecule is CC(C)c1cccc(C(C)C)c1NC(=O)C[NH2+][C@@H](C)c1ccc(F)cc1F. The van der Waals surface area contributed by atoms with Crippen LogP contribution in [0, 0.1) is 11.6 Å². The van der Waals surface area contributed by atoms with E-state index in [9.17, 15) is 13.6 Å². The molecule has 0 spiro atoms. The molecule has 0 aromatic heterocycles. The fourth-order valence-corrected chi connectivity index (χ4v) is 3.17. The summed E-state index contributed by atoms with van der Waals surface area (Å²) < 4.78 is 27.0. The van der Waals surface area contributed by atoms with Crippen LogP contribution in [0.4, 0.5) is 14.5 Å². The summed E-state index contributed by atoms with van der Waals surface area (Å²) in [5.41, 5.74) is 3.47. The molecule has 2 rings (SSSR count). The van der Waals surface area contributed by atoms with Crippen LogP contribution < -0.4 is 10.6 Å². The second-order valence-corrected chi connectivity index (χ2v) is 7.56. The molecule has 3 nitrogen and oxygen atoms in total. The van der Waals surface area contributed by atoms with Gasteiger partial charge in [0, 0.05) is 17.3 Å². The van der Waals surface area contributed by atoms with Gasteiger partial charge >= 0.3 is 0 Å². The Balaban J connectivity index is 2.10. The smallest absolute Gasteiger partial charge is 0.279 e. The summed E-state index contributed by atoms with van der Waals surface area (Å²) in [6, 6.07) is 9.32. The summed E-state index contributed by atoms with van der Waals surface area (Å²) in [7, 11) is 0. The van der Waals surface area contributed by atoms with Crippen molar-refractivity contribution in [3.05, 3.63) is 64.7 Å². The van der Waals surface area contributed by atoms with Gasteiger partial charge in [-0.15, -0.1) is 0 Å². The number of anilines is 1. The second kappa shape index (κ2) is 9.09. The second-order valence-electron chi connectivity index (χ2n) is 7.56. The van der Waals surface area contributed by atoms with Gasteiger partial charge in [-0.1, -0.05) is 45.9 Å². The van der Waals surface area contributed by atoms with Crippen LogP contribution in [0.25, 0.3) is 0 Å². The lowest BCUT2D eigenvalue weighted by Crippen LogP contribution is -2.86. The number of nitrogens with one attached hydrogen (secondary N) is 1. The molecule has 1 atom stereocenters. The van der Waals surface area contributed by atoms with Crippen molar-refractivity contribution in [2.24, 2.45) is 0 Å². The van der Waals surface area contributed by atoms with E-state index in [1.54, 1.807) is 12.2 Å². The normalized spacial score (nSPS) is 12.5. The fraction of sp³-hybridized carbons (Fsp3) is 0.409. The predicted octanol–water partition coefficient (Wildman–Crippen LogP) is 4.47. The minimum atomic E-state index is -0.604.